The van der Waals surface area contributed by atoms with Gasteiger partial charge in [0.15, 0.2) is 13.2 Å². The van der Waals surface area contributed by atoms with Gasteiger partial charge in [0.1, 0.15) is 28.7 Å². The number of carboxylic acid groups (broad SMARTS) is 2. The predicted molar refractivity (Wildman–Crippen MR) is 121 cm³/mol. The predicted octanol–water partition coefficient (Wildman–Crippen LogP) is 1.78. The van der Waals surface area contributed by atoms with E-state index >= 15 is 0 Å². The van der Waals surface area contributed by atoms with Gasteiger partial charge in [0.2, 0.25) is 5.43 Å². The minimum Gasteiger partial charge on any atom is -0.481 e. The number of fused-ring (bicyclic) bond motifs is 1. The van der Waals surface area contributed by atoms with Crippen molar-refractivity contribution in [3.8, 4) is 22.6 Å². The first-order valence-electron chi connectivity index (χ1n) is 10.2. The van der Waals surface area contributed by atoms with Crippen LogP contribution in [0.4, 0.5) is 0 Å². The van der Waals surface area contributed by atoms with Gasteiger partial charge in [-0.05, 0) is 12.5 Å². The minimum atomic E-state index is -2.04. The molecule has 3 rings (SSSR count). The number of aryl methyl sites for hydroxylation is 1. The first-order chi connectivity index (χ1) is 17.1. The average molecular weight is 500 g/mol. The number of esters is 2. The van der Waals surface area contributed by atoms with Crippen molar-refractivity contribution in [3.05, 3.63) is 58.4 Å². The molecular formula is C24H20O12. The number of hydrogen-bond acceptors (Lipinski definition) is 10. The van der Waals surface area contributed by atoms with E-state index in [1.54, 1.807) is 24.3 Å². The lowest BCUT2D eigenvalue weighted by molar-refractivity contribution is -0.161. The number of methoxy groups -OCH3 is 1. The van der Waals surface area contributed by atoms with Crippen molar-refractivity contribution in [2.75, 3.05) is 20.3 Å². The lowest BCUT2D eigenvalue weighted by atomic mass is 10.0. The molecule has 0 radical (unpaired) electrons. The highest BCUT2D eigenvalue weighted by atomic mass is 16.6. The van der Waals surface area contributed by atoms with E-state index in [-0.39, 0.29) is 28.0 Å². The lowest BCUT2D eigenvalue weighted by Crippen LogP contribution is -2.36. The van der Waals surface area contributed by atoms with Crippen molar-refractivity contribution in [3.63, 3.8) is 0 Å². The largest absolute Gasteiger partial charge is 0.481 e. The molecular weight excluding hydrogens is 480 g/mol. The Labute approximate surface area is 202 Å². The fraction of sp³-hybridized carbons (Fsp3) is 0.208. The van der Waals surface area contributed by atoms with Crippen molar-refractivity contribution >= 4 is 34.8 Å². The third-order valence-corrected chi connectivity index (χ3v) is 4.77. The van der Waals surface area contributed by atoms with Crippen LogP contribution in [0, 0.1) is 6.92 Å². The molecule has 0 fully saturated rings. The Morgan fingerprint density at radius 3 is 2.33 bits per heavy atom. The third kappa shape index (κ3) is 5.97. The maximum absolute atomic E-state index is 13.3. The molecule has 0 unspecified atom stereocenters. The Morgan fingerprint density at radius 2 is 1.72 bits per heavy atom. The van der Waals surface area contributed by atoms with Gasteiger partial charge < -0.3 is 33.6 Å². The molecule has 2 aromatic carbocycles. The first kappa shape index (κ1) is 25.7. The van der Waals surface area contributed by atoms with Crippen LogP contribution < -0.4 is 14.9 Å². The van der Waals surface area contributed by atoms with Gasteiger partial charge in [0.05, 0.1) is 12.7 Å². The standard InChI is InChI=1S/C24H20O12/c1-12-3-5-13(6-4-12)15-9-33-16-7-14(36-22(23(29)30)24(31)32-2)8-17(20(16)21(15)28)34-11-19(27)35-10-18(25)26/h3-9,22H,10-11H2,1-2H3,(H,25,26)(H,29,30)/t22-/m1/s1. The summed E-state index contributed by atoms with van der Waals surface area (Å²) >= 11 is 0. The fourth-order valence-electron chi connectivity index (χ4n) is 3.07. The number of carbonyl (C=O) groups is 4. The van der Waals surface area contributed by atoms with Crippen LogP contribution in [0.2, 0.25) is 0 Å². The number of benzene rings is 2. The third-order valence-electron chi connectivity index (χ3n) is 4.77. The van der Waals surface area contributed by atoms with Gasteiger partial charge in [-0.3, -0.25) is 4.79 Å². The molecule has 0 amide bonds. The van der Waals surface area contributed by atoms with Gasteiger partial charge in [0.25, 0.3) is 6.10 Å². The summed E-state index contributed by atoms with van der Waals surface area (Å²) in [4.78, 5) is 59.0. The summed E-state index contributed by atoms with van der Waals surface area (Å²) in [6.07, 6.45) is -0.849. The summed E-state index contributed by atoms with van der Waals surface area (Å²) in [7, 11) is 0.977. The molecule has 0 bridgehead atoms. The normalized spacial score (nSPS) is 11.4. The number of rotatable bonds is 10. The van der Waals surface area contributed by atoms with E-state index in [9.17, 15) is 29.1 Å². The average Bonchev–Trinajstić information content (AvgIpc) is 2.84. The number of hydrogen-bond donors (Lipinski definition) is 2. The Balaban J connectivity index is 2.08. The molecule has 36 heavy (non-hydrogen) atoms. The van der Waals surface area contributed by atoms with E-state index in [0.29, 0.717) is 5.56 Å². The first-order valence-corrected chi connectivity index (χ1v) is 10.2. The summed E-state index contributed by atoms with van der Waals surface area (Å²) < 4.78 is 25.1. The van der Waals surface area contributed by atoms with Crippen molar-refractivity contribution in [1.82, 2.24) is 0 Å². The molecule has 1 heterocycles. The summed E-state index contributed by atoms with van der Waals surface area (Å²) in [5.74, 6) is -5.77. The number of carboxylic acids is 2. The van der Waals surface area contributed by atoms with Gasteiger partial charge in [-0.1, -0.05) is 29.8 Å². The highest BCUT2D eigenvalue weighted by Gasteiger charge is 2.30. The molecule has 0 aliphatic rings. The van der Waals surface area contributed by atoms with Crippen LogP contribution in [0.3, 0.4) is 0 Å². The van der Waals surface area contributed by atoms with Gasteiger partial charge in [0, 0.05) is 12.1 Å². The SMILES string of the molecule is COC(=O)[C@H](Oc1cc(OCC(=O)OCC(=O)O)c2c(=O)c(-c3ccc(C)cc3)coc2c1)C(=O)O. The van der Waals surface area contributed by atoms with Crippen LogP contribution in [-0.2, 0) is 28.7 Å². The minimum absolute atomic E-state index is 0.101. The summed E-state index contributed by atoms with van der Waals surface area (Å²) in [5, 5.41) is 17.8. The molecule has 0 spiro atoms. The quantitative estimate of drug-likeness (QED) is 0.305. The second-order valence-electron chi connectivity index (χ2n) is 7.34. The highest BCUT2D eigenvalue weighted by Crippen LogP contribution is 2.32. The molecule has 188 valence electrons. The zero-order chi connectivity index (χ0) is 26.4. The van der Waals surface area contributed by atoms with Gasteiger partial charge in [-0.25, -0.2) is 19.2 Å². The van der Waals surface area contributed by atoms with Crippen LogP contribution in [0.5, 0.6) is 11.5 Å². The summed E-state index contributed by atoms with van der Waals surface area (Å²) in [6.45, 7) is 0.187. The second-order valence-corrected chi connectivity index (χ2v) is 7.34. The molecule has 2 N–H and O–H groups in total. The molecule has 1 atom stereocenters. The number of carbonyl (C=O) groups excluding carboxylic acids is 2. The lowest BCUT2D eigenvalue weighted by Gasteiger charge is -2.15. The summed E-state index contributed by atoms with van der Waals surface area (Å²) in [6, 6.07) is 9.27. The van der Waals surface area contributed by atoms with Crippen LogP contribution >= 0.6 is 0 Å². The molecule has 1 aromatic heterocycles. The highest BCUT2D eigenvalue weighted by molar-refractivity contribution is 5.97. The van der Waals surface area contributed by atoms with E-state index in [4.69, 9.17) is 19.0 Å². The molecule has 12 nitrogen and oxygen atoms in total. The van der Waals surface area contributed by atoms with Crippen LogP contribution in [0.1, 0.15) is 5.56 Å². The zero-order valence-electron chi connectivity index (χ0n) is 19.0. The van der Waals surface area contributed by atoms with Crippen molar-refractivity contribution in [2.24, 2.45) is 0 Å². The smallest absolute Gasteiger partial charge is 0.359 e. The van der Waals surface area contributed by atoms with Gasteiger partial charge in [-0.15, -0.1) is 0 Å². The number of ether oxygens (including phenoxy) is 4. The van der Waals surface area contributed by atoms with Crippen LogP contribution in [-0.4, -0.2) is 60.5 Å². The van der Waals surface area contributed by atoms with E-state index < -0.39 is 48.6 Å². The van der Waals surface area contributed by atoms with E-state index in [0.717, 1.165) is 18.7 Å². The molecule has 0 aliphatic carbocycles. The van der Waals surface area contributed by atoms with Gasteiger partial charge in [-0.2, -0.15) is 0 Å². The van der Waals surface area contributed by atoms with Crippen molar-refractivity contribution in [1.29, 1.82) is 0 Å². The van der Waals surface area contributed by atoms with E-state index in [2.05, 4.69) is 9.47 Å². The van der Waals surface area contributed by atoms with E-state index in [1.165, 1.54) is 12.3 Å². The maximum atomic E-state index is 13.3. The molecule has 0 aliphatic heterocycles. The van der Waals surface area contributed by atoms with Crippen molar-refractivity contribution in [2.45, 2.75) is 13.0 Å². The summed E-state index contributed by atoms with van der Waals surface area (Å²) in [5.41, 5.74) is 1.04. The van der Waals surface area contributed by atoms with Crippen molar-refractivity contribution < 1.29 is 52.8 Å². The fourth-order valence-corrected chi connectivity index (χ4v) is 3.07. The van der Waals surface area contributed by atoms with Crippen LogP contribution in [0.25, 0.3) is 22.1 Å². The molecule has 0 saturated carbocycles. The van der Waals surface area contributed by atoms with Crippen LogP contribution in [0.15, 0.2) is 51.9 Å². The van der Waals surface area contributed by atoms with Gasteiger partial charge >= 0.3 is 23.9 Å². The Kier molecular flexibility index (Phi) is 7.89. The number of aliphatic carboxylic acids is 2. The molecule has 12 heteroatoms. The molecule has 3 aromatic rings. The molecule has 0 saturated heterocycles. The Hall–Kier alpha value is -4.87. The Bertz CT molecular complexity index is 1370. The maximum Gasteiger partial charge on any atom is 0.359 e. The Morgan fingerprint density at radius 1 is 1.03 bits per heavy atom. The zero-order valence-corrected chi connectivity index (χ0v) is 19.0. The topological polar surface area (TPSA) is 176 Å². The monoisotopic (exact) mass is 500 g/mol. The second kappa shape index (κ2) is 11.0. The van der Waals surface area contributed by atoms with E-state index in [1.807, 2.05) is 6.92 Å².